The van der Waals surface area contributed by atoms with Gasteiger partial charge >= 0.3 is 35.6 Å². The predicted molar refractivity (Wildman–Crippen MR) is 93.1 cm³/mol. The van der Waals surface area contributed by atoms with Crippen LogP contribution >= 0.6 is 0 Å². The van der Waals surface area contributed by atoms with Crippen molar-refractivity contribution in [3.63, 3.8) is 0 Å². The molecule has 2 aromatic rings. The summed E-state index contributed by atoms with van der Waals surface area (Å²) in [4.78, 5) is 37.5. The second kappa shape index (κ2) is 6.81. The molecule has 4 rings (SSSR count). The van der Waals surface area contributed by atoms with E-state index in [4.69, 9.17) is 0 Å². The van der Waals surface area contributed by atoms with Crippen LogP contribution in [-0.4, -0.2) is 47.2 Å². The van der Waals surface area contributed by atoms with E-state index in [-0.39, 0.29) is 11.1 Å². The molecule has 5 nitrogen and oxygen atoms in total. The quantitative estimate of drug-likeness (QED) is 0.538. The monoisotopic (exact) mass is 497 g/mol. The van der Waals surface area contributed by atoms with E-state index in [0.29, 0.717) is 0 Å². The Morgan fingerprint density at radius 3 is 1.82 bits per heavy atom. The molecule has 14 heteroatoms. The fourth-order valence-corrected chi connectivity index (χ4v) is 3.55. The maximum absolute atomic E-state index is 14.4. The van der Waals surface area contributed by atoms with Gasteiger partial charge < -0.3 is 5.32 Å². The first-order valence-corrected chi connectivity index (χ1v) is 9.04. The Morgan fingerprint density at radius 1 is 0.765 bits per heavy atom. The predicted octanol–water partition coefficient (Wildman–Crippen LogP) is 4.60. The molecule has 34 heavy (non-hydrogen) atoms. The van der Waals surface area contributed by atoms with Crippen LogP contribution < -0.4 is 5.32 Å². The van der Waals surface area contributed by atoms with Gasteiger partial charge in [-0.3, -0.25) is 19.1 Å². The number of rotatable bonds is 3. The number of carbonyl (C=O) groups is 3. The minimum Gasteiger partial charge on any atom is -0.320 e. The van der Waals surface area contributed by atoms with E-state index in [1.807, 2.05) is 0 Å². The van der Waals surface area contributed by atoms with Gasteiger partial charge in [0.05, 0.1) is 11.3 Å². The summed E-state index contributed by atoms with van der Waals surface area (Å²) in [6.07, 6.45) is -6.40. The van der Waals surface area contributed by atoms with Crippen LogP contribution in [-0.2, 0) is 9.53 Å². The summed E-state index contributed by atoms with van der Waals surface area (Å²) in [6.45, 7) is 0. The Bertz CT molecular complexity index is 1260. The Kier molecular flexibility index (Phi) is 4.75. The zero-order chi connectivity index (χ0) is 25.5. The SMILES string of the molecule is O=C1c2ccccc2C(=O)c2c(NC(=O)C(F)(F)[C@]3(F)OC(F)(F)C(F)(F)C3(F)F)cccc21. The summed E-state index contributed by atoms with van der Waals surface area (Å²) in [5, 5.41) is 1.18. The number of ketones is 2. The van der Waals surface area contributed by atoms with E-state index >= 15 is 0 Å². The molecular formula is C20H8F9NO4. The van der Waals surface area contributed by atoms with Gasteiger partial charge in [0.25, 0.3) is 0 Å². The van der Waals surface area contributed by atoms with Crippen molar-refractivity contribution in [2.75, 3.05) is 5.32 Å². The number of halogens is 9. The lowest BCUT2D eigenvalue weighted by molar-refractivity contribution is -0.366. The number of carbonyl (C=O) groups excluding carboxylic acids is 3. The Morgan fingerprint density at radius 2 is 1.29 bits per heavy atom. The second-order valence-electron chi connectivity index (χ2n) is 7.32. The van der Waals surface area contributed by atoms with E-state index in [9.17, 15) is 53.9 Å². The van der Waals surface area contributed by atoms with Crippen LogP contribution in [0, 0.1) is 0 Å². The molecule has 1 aliphatic carbocycles. The van der Waals surface area contributed by atoms with Gasteiger partial charge in [-0.05, 0) is 6.07 Å². The molecule has 2 aromatic carbocycles. The van der Waals surface area contributed by atoms with E-state index < -0.39 is 64.0 Å². The van der Waals surface area contributed by atoms with E-state index in [2.05, 4.69) is 4.74 Å². The maximum Gasteiger partial charge on any atom is 0.428 e. The lowest BCUT2D eigenvalue weighted by atomic mass is 9.83. The minimum absolute atomic E-state index is 0.0834. The normalized spacial score (nSPS) is 24.4. The lowest BCUT2D eigenvalue weighted by Gasteiger charge is -2.32. The van der Waals surface area contributed by atoms with Gasteiger partial charge in [-0.1, -0.05) is 36.4 Å². The molecule has 0 spiro atoms. The first-order chi connectivity index (χ1) is 15.5. The summed E-state index contributed by atoms with van der Waals surface area (Å²) < 4.78 is 126. The average Bonchev–Trinajstić information content (AvgIpc) is 2.86. The molecule has 0 radical (unpaired) electrons. The number of nitrogens with one attached hydrogen (secondary N) is 1. The Hall–Kier alpha value is -3.42. The van der Waals surface area contributed by atoms with Crippen LogP contribution in [0.15, 0.2) is 42.5 Å². The van der Waals surface area contributed by atoms with Crippen LogP contribution in [0.5, 0.6) is 0 Å². The minimum atomic E-state index is -6.86. The number of ether oxygens (including phenoxy) is 1. The summed E-state index contributed by atoms with van der Waals surface area (Å²) in [5.41, 5.74) is -2.34. The van der Waals surface area contributed by atoms with E-state index in [1.165, 1.54) is 29.6 Å². The highest BCUT2D eigenvalue weighted by molar-refractivity contribution is 6.30. The number of benzene rings is 2. The maximum atomic E-state index is 14.4. The fraction of sp³-hybridized carbons (Fsp3) is 0.250. The molecule has 1 saturated heterocycles. The Labute approximate surface area is 182 Å². The molecule has 0 bridgehead atoms. The van der Waals surface area contributed by atoms with E-state index in [1.54, 1.807) is 0 Å². The largest absolute Gasteiger partial charge is 0.428 e. The first kappa shape index (κ1) is 23.7. The summed E-state index contributed by atoms with van der Waals surface area (Å²) in [6, 6.07) is 7.98. The molecular weight excluding hydrogens is 489 g/mol. The number of fused-ring (bicyclic) bond motifs is 2. The standard InChI is InChI=1S/C20H8F9NO4/c21-16(22,19(27)17(23,24)18(25,26)20(28,29)34-19)15(33)30-11-7-3-6-10-12(11)14(32)9-5-2-1-4-8(9)13(10)31/h1-7H,(H,30,33)/t19-/m0/s1. The van der Waals surface area contributed by atoms with Crippen molar-refractivity contribution in [1.82, 2.24) is 0 Å². The van der Waals surface area contributed by atoms with Crippen molar-refractivity contribution in [1.29, 1.82) is 0 Å². The zero-order valence-corrected chi connectivity index (χ0v) is 16.1. The molecule has 2 aliphatic rings. The topological polar surface area (TPSA) is 72.5 Å². The molecule has 1 aliphatic heterocycles. The third-order valence-electron chi connectivity index (χ3n) is 5.32. The molecule has 1 N–H and O–H groups in total. The zero-order valence-electron chi connectivity index (χ0n) is 16.1. The van der Waals surface area contributed by atoms with Gasteiger partial charge in [-0.25, -0.2) is 0 Å². The van der Waals surface area contributed by atoms with Gasteiger partial charge in [-0.2, -0.15) is 39.5 Å². The third-order valence-corrected chi connectivity index (χ3v) is 5.32. The van der Waals surface area contributed by atoms with Crippen LogP contribution in [0.4, 0.5) is 45.2 Å². The summed E-state index contributed by atoms with van der Waals surface area (Å²) in [7, 11) is 0. The van der Waals surface area contributed by atoms with Crippen LogP contribution in [0.3, 0.4) is 0 Å². The highest BCUT2D eigenvalue weighted by Crippen LogP contribution is 2.64. The van der Waals surface area contributed by atoms with Gasteiger partial charge in [0.15, 0.2) is 11.6 Å². The second-order valence-corrected chi connectivity index (χ2v) is 7.32. The smallest absolute Gasteiger partial charge is 0.320 e. The van der Waals surface area contributed by atoms with E-state index in [0.717, 1.165) is 18.2 Å². The van der Waals surface area contributed by atoms with Crippen molar-refractivity contribution in [2.24, 2.45) is 0 Å². The summed E-state index contributed by atoms with van der Waals surface area (Å²) >= 11 is 0. The van der Waals surface area contributed by atoms with Crippen molar-refractivity contribution < 1.29 is 58.6 Å². The Balaban J connectivity index is 1.75. The van der Waals surface area contributed by atoms with Crippen molar-refractivity contribution in [3.8, 4) is 0 Å². The first-order valence-electron chi connectivity index (χ1n) is 9.04. The molecule has 1 amide bonds. The van der Waals surface area contributed by atoms with Crippen molar-refractivity contribution in [3.05, 3.63) is 64.7 Å². The van der Waals surface area contributed by atoms with Crippen molar-refractivity contribution in [2.45, 2.75) is 29.7 Å². The number of hydrogen-bond acceptors (Lipinski definition) is 4. The average molecular weight is 497 g/mol. The van der Waals surface area contributed by atoms with Gasteiger partial charge in [0, 0.05) is 16.7 Å². The number of amides is 1. The number of anilines is 1. The molecule has 1 heterocycles. The highest BCUT2D eigenvalue weighted by atomic mass is 19.4. The molecule has 0 unspecified atom stereocenters. The van der Waals surface area contributed by atoms with Crippen LogP contribution in [0.25, 0.3) is 0 Å². The molecule has 180 valence electrons. The fourth-order valence-electron chi connectivity index (χ4n) is 3.55. The van der Waals surface area contributed by atoms with Crippen LogP contribution in [0.1, 0.15) is 31.8 Å². The van der Waals surface area contributed by atoms with Crippen LogP contribution in [0.2, 0.25) is 0 Å². The summed E-state index contributed by atoms with van der Waals surface area (Å²) in [5.74, 6) is -31.3. The number of alkyl halides is 9. The molecule has 1 atom stereocenters. The number of hydrogen-bond donors (Lipinski definition) is 1. The van der Waals surface area contributed by atoms with Crippen molar-refractivity contribution >= 4 is 23.2 Å². The highest BCUT2D eigenvalue weighted by Gasteiger charge is 2.96. The molecule has 0 aromatic heterocycles. The lowest BCUT2D eigenvalue weighted by Crippen LogP contribution is -2.63. The third kappa shape index (κ3) is 2.71. The van der Waals surface area contributed by atoms with Gasteiger partial charge in [-0.15, -0.1) is 0 Å². The molecule has 1 fully saturated rings. The molecule has 0 saturated carbocycles. The van der Waals surface area contributed by atoms with Gasteiger partial charge in [0.1, 0.15) is 0 Å². The van der Waals surface area contributed by atoms with Gasteiger partial charge in [0.2, 0.25) is 0 Å².